The number of rotatable bonds is 8. The summed E-state index contributed by atoms with van der Waals surface area (Å²) in [4.78, 5) is 24.1. The van der Waals surface area contributed by atoms with Crippen molar-refractivity contribution in [2.75, 3.05) is 19.5 Å². The number of anilines is 1. The highest BCUT2D eigenvalue weighted by molar-refractivity contribution is 5.95. The summed E-state index contributed by atoms with van der Waals surface area (Å²) in [5.41, 5.74) is 1.52. The van der Waals surface area contributed by atoms with Crippen LogP contribution in [0.2, 0.25) is 0 Å². The number of nitrogens with one attached hydrogen (secondary N) is 1. The van der Waals surface area contributed by atoms with Crippen LogP contribution in [0.5, 0.6) is 11.5 Å². The lowest BCUT2D eigenvalue weighted by molar-refractivity contribution is -0.153. The van der Waals surface area contributed by atoms with Gasteiger partial charge in [-0.15, -0.1) is 0 Å². The smallest absolute Gasteiger partial charge is 0.306 e. The second-order valence-corrected chi connectivity index (χ2v) is 5.66. The van der Waals surface area contributed by atoms with Crippen LogP contribution in [0.25, 0.3) is 0 Å². The molecule has 2 aromatic carbocycles. The zero-order valence-electron chi connectivity index (χ0n) is 15.2. The summed E-state index contributed by atoms with van der Waals surface area (Å²) in [6, 6.07) is 14.4. The van der Waals surface area contributed by atoms with Crippen LogP contribution in [0.3, 0.4) is 0 Å². The Kier molecular flexibility index (Phi) is 7.02. The van der Waals surface area contributed by atoms with Crippen molar-refractivity contribution in [1.29, 1.82) is 0 Å². The monoisotopic (exact) mass is 357 g/mol. The largest absolute Gasteiger partial charge is 0.497 e. The highest BCUT2D eigenvalue weighted by Crippen LogP contribution is 2.19. The Morgan fingerprint density at radius 2 is 1.69 bits per heavy atom. The molecule has 0 heterocycles. The quantitative estimate of drug-likeness (QED) is 0.735. The second-order valence-electron chi connectivity index (χ2n) is 5.66. The summed E-state index contributed by atoms with van der Waals surface area (Å²) >= 11 is 0. The summed E-state index contributed by atoms with van der Waals surface area (Å²) in [6.45, 7) is 1.54. The van der Waals surface area contributed by atoms with Crippen molar-refractivity contribution in [3.8, 4) is 11.5 Å². The molecule has 138 valence electrons. The van der Waals surface area contributed by atoms with E-state index in [2.05, 4.69) is 5.32 Å². The zero-order chi connectivity index (χ0) is 18.9. The van der Waals surface area contributed by atoms with Gasteiger partial charge < -0.3 is 19.5 Å². The van der Waals surface area contributed by atoms with Crippen LogP contribution in [0, 0.1) is 0 Å². The van der Waals surface area contributed by atoms with Crippen LogP contribution in [0.4, 0.5) is 5.69 Å². The summed E-state index contributed by atoms with van der Waals surface area (Å²) in [5, 5.41) is 2.70. The van der Waals surface area contributed by atoms with E-state index in [9.17, 15) is 9.59 Å². The average molecular weight is 357 g/mol. The first-order valence-corrected chi connectivity index (χ1v) is 8.29. The number of hydrogen-bond donors (Lipinski definition) is 1. The van der Waals surface area contributed by atoms with E-state index in [0.717, 1.165) is 11.3 Å². The summed E-state index contributed by atoms with van der Waals surface area (Å²) in [6.07, 6.45) is -0.238. The molecule has 0 aliphatic heterocycles. The second kappa shape index (κ2) is 9.46. The Morgan fingerprint density at radius 1 is 1.00 bits per heavy atom. The third kappa shape index (κ3) is 5.51. The molecule has 2 aromatic rings. The first-order chi connectivity index (χ1) is 12.5. The number of benzene rings is 2. The van der Waals surface area contributed by atoms with E-state index in [1.54, 1.807) is 45.4 Å². The van der Waals surface area contributed by atoms with Gasteiger partial charge in [0.05, 0.1) is 14.2 Å². The lowest BCUT2D eigenvalue weighted by Gasteiger charge is -2.14. The van der Waals surface area contributed by atoms with Gasteiger partial charge in [0.15, 0.2) is 6.10 Å². The predicted octanol–water partition coefficient (Wildman–Crippen LogP) is 3.21. The minimum atomic E-state index is -0.887. The summed E-state index contributed by atoms with van der Waals surface area (Å²) in [5.74, 6) is 0.596. The number of amides is 1. The molecule has 1 N–H and O–H groups in total. The Balaban J connectivity index is 1.82. The van der Waals surface area contributed by atoms with E-state index in [1.165, 1.54) is 0 Å². The topological polar surface area (TPSA) is 73.9 Å². The molecule has 0 bridgehead atoms. The minimum absolute atomic E-state index is 0.167. The van der Waals surface area contributed by atoms with Crippen LogP contribution in [-0.2, 0) is 20.7 Å². The number of carbonyl (C=O) groups is 2. The number of ether oxygens (including phenoxy) is 3. The standard InChI is InChI=1S/C20H23NO5/c1-14(20(23)21-16-9-11-17(24-2)12-10-16)26-19(22)13-8-15-6-4-5-7-18(15)25-3/h4-7,9-12,14H,8,13H2,1-3H3,(H,21,23)/t14-/m1/s1. The molecule has 0 saturated carbocycles. The van der Waals surface area contributed by atoms with Gasteiger partial charge in [0.25, 0.3) is 5.91 Å². The molecule has 0 aliphatic carbocycles. The first kappa shape index (κ1) is 19.3. The fraction of sp³-hybridized carbons (Fsp3) is 0.300. The van der Waals surface area contributed by atoms with Crippen molar-refractivity contribution in [2.45, 2.75) is 25.9 Å². The van der Waals surface area contributed by atoms with Gasteiger partial charge in [-0.05, 0) is 49.2 Å². The minimum Gasteiger partial charge on any atom is -0.497 e. The van der Waals surface area contributed by atoms with E-state index < -0.39 is 12.1 Å². The van der Waals surface area contributed by atoms with E-state index >= 15 is 0 Å². The number of carbonyl (C=O) groups excluding carboxylic acids is 2. The van der Waals surface area contributed by atoms with Crippen molar-refractivity contribution >= 4 is 17.6 Å². The van der Waals surface area contributed by atoms with E-state index in [1.807, 2.05) is 24.3 Å². The molecule has 1 amide bonds. The van der Waals surface area contributed by atoms with Gasteiger partial charge in [-0.1, -0.05) is 18.2 Å². The maximum absolute atomic E-state index is 12.1. The number of esters is 1. The molecule has 0 saturated heterocycles. The van der Waals surface area contributed by atoms with Crippen molar-refractivity contribution in [3.63, 3.8) is 0 Å². The number of aryl methyl sites for hydroxylation is 1. The Bertz CT molecular complexity index is 742. The fourth-order valence-corrected chi connectivity index (χ4v) is 2.37. The highest BCUT2D eigenvalue weighted by atomic mass is 16.5. The number of para-hydroxylation sites is 1. The molecule has 0 unspecified atom stereocenters. The maximum Gasteiger partial charge on any atom is 0.306 e. The van der Waals surface area contributed by atoms with Crippen LogP contribution < -0.4 is 14.8 Å². The van der Waals surface area contributed by atoms with Crippen LogP contribution in [-0.4, -0.2) is 32.2 Å². The summed E-state index contributed by atoms with van der Waals surface area (Å²) in [7, 11) is 3.16. The molecular formula is C20H23NO5. The molecule has 26 heavy (non-hydrogen) atoms. The van der Waals surface area contributed by atoms with Crippen LogP contribution in [0.1, 0.15) is 18.9 Å². The van der Waals surface area contributed by atoms with Gasteiger partial charge in [0.1, 0.15) is 11.5 Å². The molecule has 0 fully saturated rings. The molecule has 6 nitrogen and oxygen atoms in total. The van der Waals surface area contributed by atoms with E-state index in [-0.39, 0.29) is 12.3 Å². The molecule has 0 spiro atoms. The lowest BCUT2D eigenvalue weighted by atomic mass is 10.1. The Morgan fingerprint density at radius 3 is 2.35 bits per heavy atom. The molecule has 0 aromatic heterocycles. The number of methoxy groups -OCH3 is 2. The van der Waals surface area contributed by atoms with Gasteiger partial charge >= 0.3 is 5.97 Å². The first-order valence-electron chi connectivity index (χ1n) is 8.29. The molecular weight excluding hydrogens is 334 g/mol. The van der Waals surface area contributed by atoms with Crippen LogP contribution in [0.15, 0.2) is 48.5 Å². The predicted molar refractivity (Wildman–Crippen MR) is 98.5 cm³/mol. The third-order valence-corrected chi connectivity index (χ3v) is 3.83. The van der Waals surface area contributed by atoms with Crippen molar-refractivity contribution in [3.05, 3.63) is 54.1 Å². The van der Waals surface area contributed by atoms with Gasteiger partial charge in [0.2, 0.25) is 0 Å². The molecule has 2 rings (SSSR count). The van der Waals surface area contributed by atoms with E-state index in [4.69, 9.17) is 14.2 Å². The zero-order valence-corrected chi connectivity index (χ0v) is 15.2. The normalized spacial score (nSPS) is 11.3. The van der Waals surface area contributed by atoms with Gasteiger partial charge in [0, 0.05) is 12.1 Å². The molecule has 6 heteroatoms. The highest BCUT2D eigenvalue weighted by Gasteiger charge is 2.18. The molecule has 0 aliphatic rings. The maximum atomic E-state index is 12.1. The SMILES string of the molecule is COc1ccc(NC(=O)[C@@H](C)OC(=O)CCc2ccccc2OC)cc1. The lowest BCUT2D eigenvalue weighted by Crippen LogP contribution is -2.30. The van der Waals surface area contributed by atoms with E-state index in [0.29, 0.717) is 17.9 Å². The van der Waals surface area contributed by atoms with Crippen molar-refractivity contribution in [2.24, 2.45) is 0 Å². The van der Waals surface area contributed by atoms with Gasteiger partial charge in [-0.3, -0.25) is 9.59 Å². The molecule has 1 atom stereocenters. The van der Waals surface area contributed by atoms with Gasteiger partial charge in [-0.2, -0.15) is 0 Å². The molecule has 0 radical (unpaired) electrons. The Labute approximate surface area is 153 Å². The van der Waals surface area contributed by atoms with Crippen LogP contribution >= 0.6 is 0 Å². The fourth-order valence-electron chi connectivity index (χ4n) is 2.37. The average Bonchev–Trinajstić information content (AvgIpc) is 2.67. The number of hydrogen-bond acceptors (Lipinski definition) is 5. The van der Waals surface area contributed by atoms with Gasteiger partial charge in [-0.25, -0.2) is 0 Å². The van der Waals surface area contributed by atoms with Crippen molar-refractivity contribution in [1.82, 2.24) is 0 Å². The third-order valence-electron chi connectivity index (χ3n) is 3.83. The van der Waals surface area contributed by atoms with Crippen molar-refractivity contribution < 1.29 is 23.8 Å². The summed E-state index contributed by atoms with van der Waals surface area (Å²) < 4.78 is 15.5. The Hall–Kier alpha value is -3.02.